The maximum absolute atomic E-state index is 3.33. The fourth-order valence-corrected chi connectivity index (χ4v) is 1.24. The fourth-order valence-electron chi connectivity index (χ4n) is 1.24. The molecule has 1 heteroatoms. The Balaban J connectivity index is 2.30. The monoisotopic (exact) mass is 125 g/mol. The van der Waals surface area contributed by atoms with Gasteiger partial charge in [-0.05, 0) is 32.4 Å². The molecule has 1 heterocycles. The van der Waals surface area contributed by atoms with Crippen molar-refractivity contribution in [1.82, 2.24) is 5.32 Å². The minimum Gasteiger partial charge on any atom is -0.316 e. The second-order valence-electron chi connectivity index (χ2n) is 2.52. The van der Waals surface area contributed by atoms with Crippen LogP contribution in [-0.4, -0.2) is 13.1 Å². The Bertz CT molecular complexity index is 97.1. The van der Waals surface area contributed by atoms with Gasteiger partial charge in [0, 0.05) is 0 Å². The summed E-state index contributed by atoms with van der Waals surface area (Å²) in [5.41, 5.74) is 1.65. The van der Waals surface area contributed by atoms with E-state index in [-0.39, 0.29) is 0 Å². The van der Waals surface area contributed by atoms with E-state index in [0.29, 0.717) is 0 Å². The lowest BCUT2D eigenvalue weighted by molar-refractivity contribution is 0.607. The van der Waals surface area contributed by atoms with Crippen LogP contribution in [0.25, 0.3) is 0 Å². The Morgan fingerprint density at radius 3 is 2.67 bits per heavy atom. The van der Waals surface area contributed by atoms with Crippen LogP contribution < -0.4 is 5.32 Å². The van der Waals surface area contributed by atoms with Gasteiger partial charge in [-0.3, -0.25) is 0 Å². The highest BCUT2D eigenvalue weighted by Gasteiger charge is 2.01. The van der Waals surface area contributed by atoms with Gasteiger partial charge in [0.25, 0.3) is 0 Å². The Morgan fingerprint density at radius 2 is 2.11 bits per heavy atom. The molecule has 0 aromatic rings. The maximum atomic E-state index is 3.33. The summed E-state index contributed by atoms with van der Waals surface area (Å²) in [6, 6.07) is 0. The first-order valence-electron chi connectivity index (χ1n) is 3.82. The van der Waals surface area contributed by atoms with Gasteiger partial charge in [-0.15, -0.1) is 0 Å². The lowest BCUT2D eigenvalue weighted by atomic mass is 10.1. The molecule has 52 valence electrons. The average Bonchev–Trinajstić information content (AvgIpc) is 1.91. The van der Waals surface area contributed by atoms with Crippen LogP contribution in [0.3, 0.4) is 0 Å². The smallest absolute Gasteiger partial charge is 0.00115 e. The Kier molecular flexibility index (Phi) is 2.78. The fraction of sp³-hybridized carbons (Fsp3) is 0.750. The molecule has 0 saturated carbocycles. The average molecular weight is 125 g/mol. The topological polar surface area (TPSA) is 12.0 Å². The van der Waals surface area contributed by atoms with Crippen molar-refractivity contribution in [2.45, 2.75) is 26.2 Å². The second-order valence-corrected chi connectivity index (χ2v) is 2.52. The van der Waals surface area contributed by atoms with E-state index in [1.165, 1.54) is 32.4 Å². The van der Waals surface area contributed by atoms with Gasteiger partial charge >= 0.3 is 0 Å². The molecule has 1 saturated heterocycles. The molecule has 0 aliphatic carbocycles. The third-order valence-electron chi connectivity index (χ3n) is 1.74. The molecule has 1 nitrogen and oxygen atoms in total. The molecule has 1 rings (SSSR count). The van der Waals surface area contributed by atoms with E-state index in [1.807, 2.05) is 0 Å². The molecule has 9 heavy (non-hydrogen) atoms. The second kappa shape index (κ2) is 3.67. The van der Waals surface area contributed by atoms with E-state index in [0.717, 1.165) is 0 Å². The van der Waals surface area contributed by atoms with E-state index in [2.05, 4.69) is 18.3 Å². The summed E-state index contributed by atoms with van der Waals surface area (Å²) in [5, 5.41) is 3.33. The molecular formula is C8H15N. The van der Waals surface area contributed by atoms with Crippen molar-refractivity contribution in [3.8, 4) is 0 Å². The number of rotatable bonds is 1. The first-order chi connectivity index (χ1) is 4.43. The number of hydrogen-bond donors (Lipinski definition) is 1. The molecule has 0 bridgehead atoms. The molecule has 1 aliphatic heterocycles. The predicted octanol–water partition coefficient (Wildman–Crippen LogP) is 1.71. The van der Waals surface area contributed by atoms with Crippen LogP contribution in [-0.2, 0) is 0 Å². The van der Waals surface area contributed by atoms with Crippen molar-refractivity contribution >= 4 is 0 Å². The van der Waals surface area contributed by atoms with Gasteiger partial charge in [0.2, 0.25) is 0 Å². The minimum absolute atomic E-state index is 1.19. The van der Waals surface area contributed by atoms with Crippen LogP contribution in [0, 0.1) is 0 Å². The number of nitrogens with one attached hydrogen (secondary N) is 1. The lowest BCUT2D eigenvalue weighted by Crippen LogP contribution is -2.22. The van der Waals surface area contributed by atoms with Crippen molar-refractivity contribution in [2.75, 3.05) is 13.1 Å². The van der Waals surface area contributed by atoms with Crippen LogP contribution >= 0.6 is 0 Å². The lowest BCUT2D eigenvalue weighted by Gasteiger charge is -2.14. The summed E-state index contributed by atoms with van der Waals surface area (Å²) in [5.74, 6) is 0. The number of piperidine rings is 1. The van der Waals surface area contributed by atoms with Crippen LogP contribution in [0.2, 0.25) is 0 Å². The quantitative estimate of drug-likeness (QED) is 0.526. The van der Waals surface area contributed by atoms with Crippen LogP contribution in [0.4, 0.5) is 0 Å². The van der Waals surface area contributed by atoms with Gasteiger partial charge in [-0.1, -0.05) is 18.6 Å². The third kappa shape index (κ3) is 2.19. The molecule has 0 aromatic heterocycles. The summed E-state index contributed by atoms with van der Waals surface area (Å²) in [6.07, 6.45) is 6.11. The van der Waals surface area contributed by atoms with E-state index >= 15 is 0 Å². The normalized spacial score (nSPS) is 19.9. The zero-order valence-corrected chi connectivity index (χ0v) is 6.11. The molecule has 0 spiro atoms. The van der Waals surface area contributed by atoms with Gasteiger partial charge in [-0.2, -0.15) is 0 Å². The molecular weight excluding hydrogens is 110 g/mol. The SMILES string of the molecule is CCC=C1CCNCC1. The Labute approximate surface area is 57.1 Å². The third-order valence-corrected chi connectivity index (χ3v) is 1.74. The molecule has 1 aliphatic rings. The van der Waals surface area contributed by atoms with Gasteiger partial charge < -0.3 is 5.32 Å². The first kappa shape index (κ1) is 6.81. The molecule has 0 aromatic carbocycles. The van der Waals surface area contributed by atoms with Crippen molar-refractivity contribution in [3.63, 3.8) is 0 Å². The van der Waals surface area contributed by atoms with Crippen LogP contribution in [0.1, 0.15) is 26.2 Å². The highest BCUT2D eigenvalue weighted by atomic mass is 14.9. The van der Waals surface area contributed by atoms with E-state index in [1.54, 1.807) is 5.57 Å². The Hall–Kier alpha value is -0.300. The van der Waals surface area contributed by atoms with Gasteiger partial charge in [-0.25, -0.2) is 0 Å². The molecule has 0 unspecified atom stereocenters. The van der Waals surface area contributed by atoms with E-state index in [4.69, 9.17) is 0 Å². The maximum Gasteiger partial charge on any atom is -0.00115 e. The van der Waals surface area contributed by atoms with Gasteiger partial charge in [0.1, 0.15) is 0 Å². The summed E-state index contributed by atoms with van der Waals surface area (Å²) < 4.78 is 0. The van der Waals surface area contributed by atoms with Crippen molar-refractivity contribution in [1.29, 1.82) is 0 Å². The summed E-state index contributed by atoms with van der Waals surface area (Å²) in [6.45, 7) is 4.58. The Morgan fingerprint density at radius 1 is 1.44 bits per heavy atom. The molecule has 0 atom stereocenters. The summed E-state index contributed by atoms with van der Waals surface area (Å²) >= 11 is 0. The predicted molar refractivity (Wildman–Crippen MR) is 40.5 cm³/mol. The zero-order chi connectivity index (χ0) is 6.53. The molecule has 0 radical (unpaired) electrons. The van der Waals surface area contributed by atoms with Crippen molar-refractivity contribution in [2.24, 2.45) is 0 Å². The molecule has 1 N–H and O–H groups in total. The summed E-state index contributed by atoms with van der Waals surface area (Å²) in [4.78, 5) is 0. The van der Waals surface area contributed by atoms with Gasteiger partial charge in [0.05, 0.1) is 0 Å². The number of allylic oxidation sites excluding steroid dienone is 1. The van der Waals surface area contributed by atoms with Crippen LogP contribution in [0.5, 0.6) is 0 Å². The molecule has 0 amide bonds. The minimum atomic E-state index is 1.19. The van der Waals surface area contributed by atoms with Gasteiger partial charge in [0.15, 0.2) is 0 Å². The molecule has 1 fully saturated rings. The number of hydrogen-bond acceptors (Lipinski definition) is 1. The van der Waals surface area contributed by atoms with E-state index in [9.17, 15) is 0 Å². The van der Waals surface area contributed by atoms with Crippen molar-refractivity contribution in [3.05, 3.63) is 11.6 Å². The highest BCUT2D eigenvalue weighted by molar-refractivity contribution is 5.04. The van der Waals surface area contributed by atoms with Crippen molar-refractivity contribution < 1.29 is 0 Å². The highest BCUT2D eigenvalue weighted by Crippen LogP contribution is 2.09. The first-order valence-corrected chi connectivity index (χ1v) is 3.82. The largest absolute Gasteiger partial charge is 0.316 e. The zero-order valence-electron chi connectivity index (χ0n) is 6.11. The summed E-state index contributed by atoms with van der Waals surface area (Å²) in [7, 11) is 0. The van der Waals surface area contributed by atoms with Crippen LogP contribution in [0.15, 0.2) is 11.6 Å². The standard InChI is InChI=1S/C8H15N/c1-2-3-8-4-6-9-7-5-8/h3,9H,2,4-7H2,1H3. The van der Waals surface area contributed by atoms with E-state index < -0.39 is 0 Å².